The quantitative estimate of drug-likeness (QED) is 0.0513. The van der Waals surface area contributed by atoms with E-state index in [1.165, 1.54) is 76.8 Å². The lowest BCUT2D eigenvalue weighted by atomic mass is 9.94. The van der Waals surface area contributed by atoms with Crippen LogP contribution in [0, 0.1) is 12.3 Å². The summed E-state index contributed by atoms with van der Waals surface area (Å²) in [6, 6.07) is 0. The van der Waals surface area contributed by atoms with Crippen LogP contribution in [0.3, 0.4) is 0 Å². The first kappa shape index (κ1) is 74.8. The Morgan fingerprint density at radius 3 is 0.663 bits per heavy atom. The van der Waals surface area contributed by atoms with Crippen molar-refractivity contribution in [2.75, 3.05) is 59.5 Å². The number of rotatable bonds is 33. The van der Waals surface area contributed by atoms with Crippen LogP contribution in [0.15, 0.2) is 0 Å². The fourth-order valence-corrected chi connectivity index (χ4v) is 14.7. The van der Waals surface area contributed by atoms with Crippen molar-refractivity contribution in [2.24, 2.45) is 5.41 Å². The second-order valence-corrected chi connectivity index (χ2v) is 25.2. The summed E-state index contributed by atoms with van der Waals surface area (Å²) in [5.41, 5.74) is -1.11. The number of carbonyl (C=O) groups excluding carboxylic acids is 12. The van der Waals surface area contributed by atoms with Crippen LogP contribution in [-0.4, -0.2) is 218 Å². The average molecular weight is 1280 g/mol. The molecule has 0 aliphatic carbocycles. The lowest BCUT2D eigenvalue weighted by Crippen LogP contribution is -2.58. The van der Waals surface area contributed by atoms with Gasteiger partial charge >= 0.3 is 71.6 Å². The molecule has 86 heavy (non-hydrogen) atoms. The smallest absolute Gasteiger partial charge is 0.303 e. The van der Waals surface area contributed by atoms with E-state index in [1.807, 2.05) is 0 Å². The second kappa shape index (κ2) is 37.4. The molecule has 0 bridgehead atoms. The monoisotopic (exact) mass is 1280 g/mol. The average Bonchev–Trinajstić information content (AvgIpc) is 3.43. The molecule has 487 valence electrons. The number of hydrogen-bond donors (Lipinski definition) is 0. The van der Waals surface area contributed by atoms with Gasteiger partial charge in [0.25, 0.3) is 0 Å². The molecule has 0 N–H and O–H groups in total. The first-order valence-corrected chi connectivity index (χ1v) is 30.7. The normalized spacial score (nSPS) is 27.1. The van der Waals surface area contributed by atoms with Gasteiger partial charge in [-0.1, -0.05) is 0 Å². The maximum Gasteiger partial charge on any atom is 0.303 e. The standard InChI is InChI=1S/C56H83O27S3/c1-29(57)72-23-44-50(78-35(7)63)53(81-38(10)66)47(75-32(4)60)41(84-44)17-14-20-69-26-56(13,27-70-21-15-18-42-48(76-33(5)61)54(82-39(11)67)51(79-36(8)64)45(85-42)24-73-30(2)58)28-71-22-16-19-43-49(77-34(6)62)55(83-40(12)68)52(80-37(9)65)46(86-43)25-74-31(3)59/h41-55H,13-28H2,1-12H3/t41-,42-,43-,44+,45+,46+,47-,48-,49+,50-,51-,52-,53-,54-,55-/m1/s1. The molecule has 3 fully saturated rings. The van der Waals surface area contributed by atoms with Gasteiger partial charge in [0.1, 0.15) is 19.8 Å². The predicted octanol–water partition coefficient (Wildman–Crippen LogP) is 3.72. The van der Waals surface area contributed by atoms with Crippen molar-refractivity contribution in [3.05, 3.63) is 6.92 Å². The van der Waals surface area contributed by atoms with Crippen LogP contribution in [0.5, 0.6) is 0 Å². The predicted molar refractivity (Wildman–Crippen MR) is 303 cm³/mol. The second-order valence-electron chi connectivity index (χ2n) is 20.8. The number of esters is 12. The summed E-state index contributed by atoms with van der Waals surface area (Å²) in [5, 5.41) is -3.93. The van der Waals surface area contributed by atoms with E-state index in [0.29, 0.717) is 38.5 Å². The van der Waals surface area contributed by atoms with Gasteiger partial charge in [0.15, 0.2) is 54.9 Å². The van der Waals surface area contributed by atoms with Crippen LogP contribution in [0.1, 0.15) is 122 Å². The SMILES string of the molecule is [CH2]C(COCCC[C@H]1S[C@@H](COC(C)=O)[C@@H](OC(C)=O)[C@H](OC(C)=O)[C@H]1OC(C)=O)(COCCC[C@H]1S[C@@H](COC(C)=O)[C@@H](OC(C)=O)[C@H](OC(C)=O)[C@@H]1OC(C)=O)COCCC[C@H]1S[C@@H](COC(C)=O)[C@@H](OC(C)=O)[C@H](OC(C)=O)[C@@H]1OC(C)=O. The molecule has 0 aromatic carbocycles. The minimum atomic E-state index is -1.26. The van der Waals surface area contributed by atoms with Gasteiger partial charge in [0.2, 0.25) is 0 Å². The highest BCUT2D eigenvalue weighted by Crippen LogP contribution is 2.43. The van der Waals surface area contributed by atoms with Crippen molar-refractivity contribution >= 4 is 107 Å². The van der Waals surface area contributed by atoms with E-state index in [2.05, 4.69) is 6.92 Å². The molecule has 27 nitrogen and oxygen atoms in total. The zero-order valence-electron chi connectivity index (χ0n) is 50.7. The molecular weight excluding hydrogens is 1200 g/mol. The Morgan fingerprint density at radius 1 is 0.291 bits per heavy atom. The molecule has 3 aliphatic heterocycles. The molecule has 3 saturated heterocycles. The summed E-state index contributed by atoms with van der Waals surface area (Å²) in [6.07, 6.45) is -8.61. The van der Waals surface area contributed by atoms with Crippen molar-refractivity contribution in [1.82, 2.24) is 0 Å². The third-order valence-corrected chi connectivity index (χ3v) is 17.6. The van der Waals surface area contributed by atoms with E-state index in [9.17, 15) is 57.5 Å². The summed E-state index contributed by atoms with van der Waals surface area (Å²) in [4.78, 5) is 147. The fraction of sp³-hybridized carbons (Fsp3) is 0.768. The number of carbonyl (C=O) groups is 12. The van der Waals surface area contributed by atoms with Gasteiger partial charge < -0.3 is 71.1 Å². The summed E-state index contributed by atoms with van der Waals surface area (Å²) in [5.74, 6) is -8.23. The molecule has 0 spiro atoms. The lowest BCUT2D eigenvalue weighted by molar-refractivity contribution is -0.186. The van der Waals surface area contributed by atoms with E-state index >= 15 is 0 Å². The zero-order chi connectivity index (χ0) is 64.4. The van der Waals surface area contributed by atoms with Crippen LogP contribution >= 0.6 is 35.3 Å². The Bertz CT molecular complexity index is 2070. The van der Waals surface area contributed by atoms with E-state index in [0.717, 1.165) is 41.5 Å². The molecular formula is C56H83O27S3. The molecule has 3 heterocycles. The molecule has 0 amide bonds. The Kier molecular flexibility index (Phi) is 32.6. The van der Waals surface area contributed by atoms with Crippen LogP contribution in [0.2, 0.25) is 0 Å². The summed E-state index contributed by atoms with van der Waals surface area (Å²) >= 11 is 3.71. The summed E-state index contributed by atoms with van der Waals surface area (Å²) in [7, 11) is 0. The third-order valence-electron chi connectivity index (χ3n) is 12.8. The molecule has 30 heteroatoms. The molecule has 3 rings (SSSR count). The van der Waals surface area contributed by atoms with Gasteiger partial charge in [-0.25, -0.2) is 0 Å². The van der Waals surface area contributed by atoms with E-state index in [-0.39, 0.29) is 59.5 Å². The fourth-order valence-electron chi connectivity index (χ4n) is 9.80. The molecule has 15 atom stereocenters. The Hall–Kier alpha value is -5.43. The Balaban J connectivity index is 1.88. The van der Waals surface area contributed by atoms with Crippen LogP contribution in [0.4, 0.5) is 0 Å². The van der Waals surface area contributed by atoms with Gasteiger partial charge in [-0.05, 0) is 45.4 Å². The highest BCUT2D eigenvalue weighted by molar-refractivity contribution is 8.01. The molecule has 0 saturated carbocycles. The Morgan fingerprint density at radius 2 is 0.477 bits per heavy atom. The minimum Gasteiger partial charge on any atom is -0.465 e. The highest BCUT2D eigenvalue weighted by atomic mass is 32.2. The third kappa shape index (κ3) is 26.9. The van der Waals surface area contributed by atoms with Crippen LogP contribution in [-0.2, 0) is 129 Å². The lowest BCUT2D eigenvalue weighted by Gasteiger charge is -2.44. The zero-order valence-corrected chi connectivity index (χ0v) is 53.2. The highest BCUT2D eigenvalue weighted by Gasteiger charge is 2.54. The molecule has 3 aliphatic rings. The molecule has 1 radical (unpaired) electrons. The van der Waals surface area contributed by atoms with Gasteiger partial charge in [0, 0.05) is 124 Å². The Labute approximate surface area is 513 Å². The summed E-state index contributed by atoms with van der Waals surface area (Å²) < 4.78 is 85.5. The van der Waals surface area contributed by atoms with Crippen LogP contribution < -0.4 is 0 Å². The van der Waals surface area contributed by atoms with E-state index in [1.54, 1.807) is 0 Å². The van der Waals surface area contributed by atoms with Crippen molar-refractivity contribution in [2.45, 2.75) is 208 Å². The maximum atomic E-state index is 12.5. The molecule has 0 aromatic heterocycles. The van der Waals surface area contributed by atoms with Crippen molar-refractivity contribution < 1.29 is 129 Å². The van der Waals surface area contributed by atoms with Crippen molar-refractivity contribution in [3.63, 3.8) is 0 Å². The largest absolute Gasteiger partial charge is 0.465 e. The van der Waals surface area contributed by atoms with Gasteiger partial charge in [0.05, 0.1) is 35.6 Å². The molecule has 0 unspecified atom stereocenters. The first-order valence-electron chi connectivity index (χ1n) is 27.9. The van der Waals surface area contributed by atoms with Crippen molar-refractivity contribution in [1.29, 1.82) is 0 Å². The number of thioether (sulfide) groups is 3. The van der Waals surface area contributed by atoms with E-state index in [4.69, 9.17) is 71.1 Å². The number of hydrogen-bond acceptors (Lipinski definition) is 30. The first-order chi connectivity index (χ1) is 40.4. The topological polar surface area (TPSA) is 343 Å². The van der Waals surface area contributed by atoms with Crippen LogP contribution in [0.25, 0.3) is 0 Å². The molecule has 0 aromatic rings. The minimum absolute atomic E-state index is 0.0449. The maximum absolute atomic E-state index is 12.5. The number of ether oxygens (including phenoxy) is 15. The van der Waals surface area contributed by atoms with Gasteiger partial charge in [-0.15, -0.1) is 35.3 Å². The van der Waals surface area contributed by atoms with E-state index < -0.39 is 163 Å². The van der Waals surface area contributed by atoms with Gasteiger partial charge in [-0.2, -0.15) is 0 Å². The van der Waals surface area contributed by atoms with Gasteiger partial charge in [-0.3, -0.25) is 57.5 Å². The summed E-state index contributed by atoms with van der Waals surface area (Å²) in [6.45, 7) is 18.1. The van der Waals surface area contributed by atoms with Crippen molar-refractivity contribution in [3.8, 4) is 0 Å².